The maximum absolute atomic E-state index is 10.1. The van der Waals surface area contributed by atoms with Crippen LogP contribution in [-0.2, 0) is 9.59 Å². The van der Waals surface area contributed by atoms with Crippen LogP contribution in [0.15, 0.2) is 11.1 Å². The van der Waals surface area contributed by atoms with Gasteiger partial charge in [-0.1, -0.05) is 0 Å². The van der Waals surface area contributed by atoms with Crippen LogP contribution in [0.25, 0.3) is 0 Å². The second kappa shape index (κ2) is 9.21. The van der Waals surface area contributed by atoms with Gasteiger partial charge in [-0.15, -0.1) is 0 Å². The van der Waals surface area contributed by atoms with Gasteiger partial charge in [0.25, 0.3) is 0 Å². The Bertz CT molecular complexity index is 223. The molecule has 0 atom stereocenters. The molecule has 62 valence electrons. The number of carboxylic acid groups (broad SMARTS) is 2. The Morgan fingerprint density at radius 2 is 1.54 bits per heavy atom. The third kappa shape index (κ3) is 6.68. The van der Waals surface area contributed by atoms with Crippen LogP contribution in [0.2, 0.25) is 0 Å². The monoisotopic (exact) mass is 204 g/mol. The van der Waals surface area contributed by atoms with E-state index in [1.54, 1.807) is 0 Å². The van der Waals surface area contributed by atoms with Gasteiger partial charge in [-0.3, -0.25) is 0 Å². The molecule has 0 rings (SSSR count). The van der Waals surface area contributed by atoms with Gasteiger partial charge in [-0.25, -0.2) is 0 Å². The molecule has 0 spiro atoms. The van der Waals surface area contributed by atoms with Gasteiger partial charge in [0.1, 0.15) is 0 Å². The molecular formula is C6H6Na2O5. The summed E-state index contributed by atoms with van der Waals surface area (Å²) in [5, 5.41) is 28.4. The quantitative estimate of drug-likeness (QED) is 0.363. The molecule has 0 saturated carbocycles. The summed E-state index contributed by atoms with van der Waals surface area (Å²) in [6, 6.07) is 0. The van der Waals surface area contributed by atoms with Crippen LogP contribution in [0.1, 0.15) is 6.92 Å². The van der Waals surface area contributed by atoms with Gasteiger partial charge in [0, 0.05) is 5.57 Å². The molecule has 0 aromatic rings. The second-order valence-electron chi connectivity index (χ2n) is 1.84. The molecule has 0 fully saturated rings. The van der Waals surface area contributed by atoms with Gasteiger partial charge in [-0.05, 0) is 12.5 Å². The smallest absolute Gasteiger partial charge is 0.545 e. The molecule has 0 aromatic heterocycles. The molecule has 13 heavy (non-hydrogen) atoms. The van der Waals surface area contributed by atoms with E-state index >= 15 is 0 Å². The molecule has 0 aliphatic rings. The number of carbonyl (C=O) groups excluding carboxylic acids is 2. The number of hydrogen-bond donors (Lipinski definition) is 1. The van der Waals surface area contributed by atoms with Gasteiger partial charge in [0.05, 0.1) is 18.5 Å². The van der Waals surface area contributed by atoms with Crippen LogP contribution >= 0.6 is 0 Å². The van der Waals surface area contributed by atoms with E-state index in [-0.39, 0.29) is 59.1 Å². The van der Waals surface area contributed by atoms with Crippen molar-refractivity contribution in [3.8, 4) is 0 Å². The predicted molar refractivity (Wildman–Crippen MR) is 29.8 cm³/mol. The predicted octanol–water partition coefficient (Wildman–Crippen LogP) is -9.20. The van der Waals surface area contributed by atoms with Gasteiger partial charge in [0.2, 0.25) is 0 Å². The van der Waals surface area contributed by atoms with Crippen LogP contribution in [0.4, 0.5) is 0 Å². The average Bonchev–Trinajstić information content (AvgIpc) is 1.88. The molecule has 0 aliphatic heterocycles. The summed E-state index contributed by atoms with van der Waals surface area (Å²) < 4.78 is 0. The Hall–Kier alpha value is 0.640. The molecule has 0 aliphatic carbocycles. The standard InChI is InChI=1S/C6H8O5.2Na/c1-3(5(8)9)4(2-7)6(10)11;;/h7H,2H2,1H3,(H,8,9)(H,10,11);;/q;2*+1/p-2/b4-3-;;. The maximum Gasteiger partial charge on any atom is 1.00 e. The number of hydrogen-bond acceptors (Lipinski definition) is 5. The van der Waals surface area contributed by atoms with Crippen molar-refractivity contribution >= 4 is 11.9 Å². The molecular weight excluding hydrogens is 198 g/mol. The maximum atomic E-state index is 10.1. The molecule has 7 heteroatoms. The van der Waals surface area contributed by atoms with Crippen LogP contribution in [-0.4, -0.2) is 23.7 Å². The number of rotatable bonds is 3. The summed E-state index contributed by atoms with van der Waals surface area (Å²) in [7, 11) is 0. The van der Waals surface area contributed by atoms with Gasteiger partial charge >= 0.3 is 59.1 Å². The molecule has 0 radical (unpaired) electrons. The van der Waals surface area contributed by atoms with E-state index in [9.17, 15) is 19.8 Å². The van der Waals surface area contributed by atoms with Gasteiger partial charge in [0.15, 0.2) is 0 Å². The topological polar surface area (TPSA) is 100 Å². The minimum atomic E-state index is -1.70. The van der Waals surface area contributed by atoms with Crippen molar-refractivity contribution in [2.75, 3.05) is 6.61 Å². The minimum Gasteiger partial charge on any atom is -0.545 e. The Morgan fingerprint density at radius 3 is 1.62 bits per heavy atom. The zero-order valence-electron chi connectivity index (χ0n) is 7.79. The molecule has 0 aromatic carbocycles. The number of carboxylic acids is 2. The SMILES string of the molecule is C/C(C(=O)[O-])=C(\CO)C(=O)[O-].[Na+].[Na+]. The van der Waals surface area contributed by atoms with Gasteiger partial charge < -0.3 is 24.9 Å². The first-order chi connectivity index (χ1) is 5.00. The first-order valence-corrected chi connectivity index (χ1v) is 2.74. The van der Waals surface area contributed by atoms with E-state index in [2.05, 4.69) is 0 Å². The molecule has 0 amide bonds. The minimum absolute atomic E-state index is 0. The summed E-state index contributed by atoms with van der Waals surface area (Å²) in [6.07, 6.45) is 0. The fourth-order valence-corrected chi connectivity index (χ4v) is 0.459. The largest absolute Gasteiger partial charge is 1.00 e. The van der Waals surface area contributed by atoms with E-state index in [1.807, 2.05) is 0 Å². The van der Waals surface area contributed by atoms with Crippen molar-refractivity contribution in [3.05, 3.63) is 11.1 Å². The molecule has 5 nitrogen and oxygen atoms in total. The Balaban J connectivity index is -0.000000500. The molecule has 0 heterocycles. The first kappa shape index (κ1) is 19.2. The van der Waals surface area contributed by atoms with Crippen molar-refractivity contribution in [1.82, 2.24) is 0 Å². The Labute approximate surface area is 119 Å². The summed E-state index contributed by atoms with van der Waals surface area (Å²) in [6.45, 7) is 0.152. The van der Waals surface area contributed by atoms with Crippen LogP contribution < -0.4 is 69.3 Å². The van der Waals surface area contributed by atoms with Crippen molar-refractivity contribution in [1.29, 1.82) is 0 Å². The molecule has 1 N–H and O–H groups in total. The second-order valence-corrected chi connectivity index (χ2v) is 1.84. The van der Waals surface area contributed by atoms with E-state index in [1.165, 1.54) is 0 Å². The fraction of sp³-hybridized carbons (Fsp3) is 0.333. The summed E-state index contributed by atoms with van der Waals surface area (Å²) in [5.74, 6) is -3.33. The summed E-state index contributed by atoms with van der Waals surface area (Å²) >= 11 is 0. The normalized spacial score (nSPS) is 10.3. The van der Waals surface area contributed by atoms with E-state index in [0.717, 1.165) is 6.92 Å². The van der Waals surface area contributed by atoms with E-state index < -0.39 is 29.7 Å². The number of aliphatic hydroxyl groups is 1. The summed E-state index contributed by atoms with van der Waals surface area (Å²) in [5.41, 5.74) is -1.18. The Kier molecular flexibility index (Phi) is 13.6. The number of aliphatic carboxylic acids is 2. The van der Waals surface area contributed by atoms with Crippen LogP contribution in [0.3, 0.4) is 0 Å². The zero-order valence-corrected chi connectivity index (χ0v) is 11.8. The van der Waals surface area contributed by atoms with Gasteiger partial charge in [-0.2, -0.15) is 0 Å². The van der Waals surface area contributed by atoms with Crippen molar-refractivity contribution in [2.24, 2.45) is 0 Å². The molecule has 0 saturated heterocycles. The van der Waals surface area contributed by atoms with E-state index in [4.69, 9.17) is 5.11 Å². The van der Waals surface area contributed by atoms with Crippen molar-refractivity contribution < 1.29 is 84.0 Å². The number of aliphatic hydroxyl groups excluding tert-OH is 1. The zero-order chi connectivity index (χ0) is 9.02. The summed E-state index contributed by atoms with van der Waals surface area (Å²) in [4.78, 5) is 20.1. The molecule has 0 bridgehead atoms. The Morgan fingerprint density at radius 1 is 1.15 bits per heavy atom. The van der Waals surface area contributed by atoms with Crippen LogP contribution in [0.5, 0.6) is 0 Å². The fourth-order valence-electron chi connectivity index (χ4n) is 0.459. The average molecular weight is 204 g/mol. The van der Waals surface area contributed by atoms with Crippen molar-refractivity contribution in [2.45, 2.75) is 6.92 Å². The number of carbonyl (C=O) groups is 2. The third-order valence-electron chi connectivity index (χ3n) is 1.16. The van der Waals surface area contributed by atoms with E-state index in [0.29, 0.717) is 0 Å². The van der Waals surface area contributed by atoms with Crippen LogP contribution in [0, 0.1) is 0 Å². The molecule has 0 unspecified atom stereocenters. The first-order valence-electron chi connectivity index (χ1n) is 2.74. The third-order valence-corrected chi connectivity index (χ3v) is 1.16. The van der Waals surface area contributed by atoms with Crippen molar-refractivity contribution in [3.63, 3.8) is 0 Å².